The molecule has 130 valence electrons. The number of ether oxygens (including phenoxy) is 1. The molecule has 25 heavy (non-hydrogen) atoms. The Hall–Kier alpha value is -2.09. The molecule has 1 aliphatic heterocycles. The van der Waals surface area contributed by atoms with Gasteiger partial charge in [-0.1, -0.05) is 12.1 Å². The Morgan fingerprint density at radius 1 is 1.24 bits per heavy atom. The van der Waals surface area contributed by atoms with E-state index in [9.17, 15) is 8.78 Å². The van der Waals surface area contributed by atoms with Gasteiger partial charge in [-0.05, 0) is 29.1 Å². The van der Waals surface area contributed by atoms with Crippen LogP contribution in [0.4, 0.5) is 8.78 Å². The summed E-state index contributed by atoms with van der Waals surface area (Å²) >= 11 is 1.60. The molecule has 4 nitrogen and oxygen atoms in total. The molecule has 1 aliphatic rings. The number of thiophene rings is 1. The summed E-state index contributed by atoms with van der Waals surface area (Å²) < 4.78 is 38.1. The highest BCUT2D eigenvalue weighted by molar-refractivity contribution is 7.13. The Kier molecular flexibility index (Phi) is 4.61. The van der Waals surface area contributed by atoms with E-state index in [1.165, 1.54) is 6.07 Å². The molecule has 1 aromatic carbocycles. The summed E-state index contributed by atoms with van der Waals surface area (Å²) in [6.45, 7) is 2.37. The van der Waals surface area contributed by atoms with Gasteiger partial charge in [0.1, 0.15) is 0 Å². The zero-order valence-corrected chi connectivity index (χ0v) is 14.1. The summed E-state index contributed by atoms with van der Waals surface area (Å²) in [6, 6.07) is 7.85. The van der Waals surface area contributed by atoms with E-state index in [0.717, 1.165) is 23.2 Å². The lowest BCUT2D eigenvalue weighted by molar-refractivity contribution is -0.0352. The van der Waals surface area contributed by atoms with Crippen LogP contribution in [-0.2, 0) is 11.3 Å². The number of benzene rings is 1. The monoisotopic (exact) mass is 362 g/mol. The van der Waals surface area contributed by atoms with Crippen molar-refractivity contribution in [3.63, 3.8) is 0 Å². The Bertz CT molecular complexity index is 851. The van der Waals surface area contributed by atoms with Crippen molar-refractivity contribution in [3.8, 4) is 10.6 Å². The topological polar surface area (TPSA) is 38.5 Å². The zero-order valence-electron chi connectivity index (χ0n) is 13.3. The molecule has 0 bridgehead atoms. The van der Waals surface area contributed by atoms with Crippen LogP contribution in [0, 0.1) is 11.6 Å². The Labute approximate surface area is 147 Å². The third kappa shape index (κ3) is 3.63. The number of nitrogens with zero attached hydrogens (tertiary/aromatic N) is 2. The molecule has 0 radical (unpaired) electrons. The van der Waals surface area contributed by atoms with Crippen LogP contribution < -0.4 is 0 Å². The first-order valence-corrected chi connectivity index (χ1v) is 8.84. The molecule has 3 aromatic rings. The molecular weight excluding hydrogens is 346 g/mol. The lowest BCUT2D eigenvalue weighted by Crippen LogP contribution is -2.37. The molecule has 3 heterocycles. The zero-order chi connectivity index (χ0) is 17.2. The van der Waals surface area contributed by atoms with Crippen LogP contribution >= 0.6 is 11.3 Å². The van der Waals surface area contributed by atoms with Crippen molar-refractivity contribution in [2.75, 3.05) is 19.7 Å². The molecule has 0 saturated carbocycles. The third-order valence-corrected chi connectivity index (χ3v) is 5.03. The van der Waals surface area contributed by atoms with Crippen molar-refractivity contribution in [1.82, 2.24) is 9.88 Å². The van der Waals surface area contributed by atoms with Gasteiger partial charge in [0.05, 0.1) is 30.3 Å². The molecule has 2 aromatic heterocycles. The number of hydrogen-bond acceptors (Lipinski definition) is 5. The van der Waals surface area contributed by atoms with Gasteiger partial charge in [-0.2, -0.15) is 0 Å². The van der Waals surface area contributed by atoms with Gasteiger partial charge in [0.2, 0.25) is 5.89 Å². The highest BCUT2D eigenvalue weighted by Crippen LogP contribution is 2.27. The average molecular weight is 362 g/mol. The number of aromatic nitrogens is 1. The number of halogens is 2. The predicted octanol–water partition coefficient (Wildman–Crippen LogP) is 4.25. The number of morpholine rings is 1. The molecule has 7 heteroatoms. The number of hydrogen-bond donors (Lipinski definition) is 0. The maximum atomic E-state index is 13.4. The Balaban J connectivity index is 1.44. The second kappa shape index (κ2) is 7.03. The van der Waals surface area contributed by atoms with Gasteiger partial charge in [-0.25, -0.2) is 13.8 Å². The van der Waals surface area contributed by atoms with E-state index in [2.05, 4.69) is 9.88 Å². The van der Waals surface area contributed by atoms with Crippen molar-refractivity contribution in [2.24, 2.45) is 0 Å². The molecule has 0 amide bonds. The fourth-order valence-electron chi connectivity index (χ4n) is 2.87. The van der Waals surface area contributed by atoms with Crippen molar-refractivity contribution >= 4 is 11.3 Å². The number of rotatable bonds is 4. The number of oxazole rings is 1. The highest BCUT2D eigenvalue weighted by atomic mass is 32.1. The molecule has 4 rings (SSSR count). The minimum absolute atomic E-state index is 0.296. The summed E-state index contributed by atoms with van der Waals surface area (Å²) in [5.74, 6) is -0.312. The second-order valence-corrected chi connectivity index (χ2v) is 6.81. The first kappa shape index (κ1) is 16.4. The van der Waals surface area contributed by atoms with Crippen LogP contribution in [0.3, 0.4) is 0 Å². The average Bonchev–Trinajstić information content (AvgIpc) is 3.29. The van der Waals surface area contributed by atoms with Crippen LogP contribution in [0.25, 0.3) is 10.6 Å². The van der Waals surface area contributed by atoms with Crippen LogP contribution in [-0.4, -0.2) is 29.6 Å². The van der Waals surface area contributed by atoms with E-state index in [0.29, 0.717) is 31.2 Å². The highest BCUT2D eigenvalue weighted by Gasteiger charge is 2.24. The van der Waals surface area contributed by atoms with Crippen LogP contribution in [0.1, 0.15) is 17.6 Å². The normalized spacial score (nSPS) is 18.6. The molecule has 0 unspecified atom stereocenters. The Morgan fingerprint density at radius 2 is 2.16 bits per heavy atom. The maximum Gasteiger partial charge on any atom is 0.209 e. The lowest BCUT2D eigenvalue weighted by Gasteiger charge is -2.32. The van der Waals surface area contributed by atoms with Gasteiger partial charge < -0.3 is 9.15 Å². The van der Waals surface area contributed by atoms with Crippen LogP contribution in [0.15, 0.2) is 46.3 Å². The third-order valence-electron chi connectivity index (χ3n) is 4.14. The van der Waals surface area contributed by atoms with Crippen molar-refractivity contribution in [3.05, 3.63) is 65.0 Å². The summed E-state index contributed by atoms with van der Waals surface area (Å²) in [5, 5.41) is 1.99. The van der Waals surface area contributed by atoms with Crippen molar-refractivity contribution in [2.45, 2.75) is 12.6 Å². The maximum absolute atomic E-state index is 13.4. The molecule has 1 atom stereocenters. The van der Waals surface area contributed by atoms with Crippen LogP contribution in [0.2, 0.25) is 0 Å². The Morgan fingerprint density at radius 3 is 2.96 bits per heavy atom. The lowest BCUT2D eigenvalue weighted by atomic mass is 10.1. The molecule has 0 N–H and O–H groups in total. The van der Waals surface area contributed by atoms with Gasteiger partial charge in [-0.15, -0.1) is 11.3 Å². The first-order valence-electron chi connectivity index (χ1n) is 7.96. The van der Waals surface area contributed by atoms with Crippen molar-refractivity contribution < 1.29 is 17.9 Å². The standard InChI is InChI=1S/C18H16F2N2O2S/c19-13-4-3-12(8-14(13)20)16-10-22(5-6-23-16)11-18-21-9-15(24-18)17-2-1-7-25-17/h1-4,7-9,16H,5-6,10-11H2/t16-/m0/s1. The van der Waals surface area contributed by atoms with Gasteiger partial charge in [0, 0.05) is 13.1 Å². The fraction of sp³-hybridized carbons (Fsp3) is 0.278. The van der Waals surface area contributed by atoms with E-state index in [1.54, 1.807) is 23.6 Å². The molecule has 0 aliphatic carbocycles. The van der Waals surface area contributed by atoms with Gasteiger partial charge >= 0.3 is 0 Å². The van der Waals surface area contributed by atoms with Gasteiger partial charge in [0.15, 0.2) is 17.4 Å². The van der Waals surface area contributed by atoms with Gasteiger partial charge in [0.25, 0.3) is 0 Å². The quantitative estimate of drug-likeness (QED) is 0.695. The van der Waals surface area contributed by atoms with E-state index >= 15 is 0 Å². The first-order chi connectivity index (χ1) is 12.2. The smallest absolute Gasteiger partial charge is 0.209 e. The predicted molar refractivity (Wildman–Crippen MR) is 90.1 cm³/mol. The summed E-state index contributed by atoms with van der Waals surface area (Å²) in [5.41, 5.74) is 0.635. The van der Waals surface area contributed by atoms with Crippen molar-refractivity contribution in [1.29, 1.82) is 0 Å². The van der Waals surface area contributed by atoms with Crippen LogP contribution in [0.5, 0.6) is 0 Å². The molecule has 1 fully saturated rings. The fourth-order valence-corrected chi connectivity index (χ4v) is 3.54. The minimum Gasteiger partial charge on any atom is -0.438 e. The summed E-state index contributed by atoms with van der Waals surface area (Å²) in [6.07, 6.45) is 1.43. The molecular formula is C18H16F2N2O2S. The van der Waals surface area contributed by atoms with Gasteiger partial charge in [-0.3, -0.25) is 4.90 Å². The second-order valence-electron chi connectivity index (χ2n) is 5.86. The molecule has 1 saturated heterocycles. The van der Waals surface area contributed by atoms with E-state index in [4.69, 9.17) is 9.15 Å². The SMILES string of the molecule is Fc1ccc([C@@H]2CN(Cc3ncc(-c4cccs4)o3)CCO2)cc1F. The summed E-state index contributed by atoms with van der Waals surface area (Å²) in [7, 11) is 0. The van der Waals surface area contributed by atoms with E-state index in [1.807, 2.05) is 17.5 Å². The van der Waals surface area contributed by atoms with E-state index in [-0.39, 0.29) is 6.10 Å². The van der Waals surface area contributed by atoms with E-state index < -0.39 is 11.6 Å². The summed E-state index contributed by atoms with van der Waals surface area (Å²) in [4.78, 5) is 7.52. The molecule has 0 spiro atoms. The largest absolute Gasteiger partial charge is 0.438 e. The minimum atomic E-state index is -0.855.